The molecule has 2 rings (SSSR count). The van der Waals surface area contributed by atoms with Crippen molar-refractivity contribution in [1.82, 2.24) is 0 Å². The van der Waals surface area contributed by atoms with E-state index in [1.54, 1.807) is 19.2 Å². The number of ether oxygens (including phenoxy) is 1. The van der Waals surface area contributed by atoms with E-state index in [0.29, 0.717) is 0 Å². The maximum Gasteiger partial charge on any atom is 0.120 e. The second kappa shape index (κ2) is 4.89. The van der Waals surface area contributed by atoms with E-state index in [4.69, 9.17) is 10.5 Å². The highest BCUT2D eigenvalue weighted by atomic mass is 16.5. The lowest BCUT2D eigenvalue weighted by Gasteiger charge is -2.14. The number of hydrogen-bond donors (Lipinski definition) is 2. The number of nitrogens with two attached hydrogens (primary N) is 1. The fourth-order valence-corrected chi connectivity index (χ4v) is 1.74. The first-order valence-electron chi connectivity index (χ1n) is 5.40. The third-order valence-corrected chi connectivity index (χ3v) is 2.75. The highest BCUT2D eigenvalue weighted by Gasteiger charge is 2.12. The van der Waals surface area contributed by atoms with E-state index in [9.17, 15) is 5.11 Å². The average Bonchev–Trinajstić information content (AvgIpc) is 2.39. The monoisotopic (exact) mass is 229 g/mol. The number of phenolic OH excluding ortho intramolecular Hbond substituents is 1. The molecule has 17 heavy (non-hydrogen) atoms. The van der Waals surface area contributed by atoms with Gasteiger partial charge < -0.3 is 15.6 Å². The Hall–Kier alpha value is -2.00. The quantitative estimate of drug-likeness (QED) is 0.850. The summed E-state index contributed by atoms with van der Waals surface area (Å²) >= 11 is 0. The average molecular weight is 229 g/mol. The Bertz CT molecular complexity index is 494. The topological polar surface area (TPSA) is 55.5 Å². The van der Waals surface area contributed by atoms with Crippen LogP contribution in [0.1, 0.15) is 17.2 Å². The van der Waals surface area contributed by atoms with Crippen molar-refractivity contribution in [2.24, 2.45) is 5.73 Å². The lowest BCUT2D eigenvalue weighted by atomic mass is 9.99. The van der Waals surface area contributed by atoms with Crippen molar-refractivity contribution in [3.63, 3.8) is 0 Å². The highest BCUT2D eigenvalue weighted by Crippen LogP contribution is 2.27. The molecule has 2 aromatic carbocycles. The van der Waals surface area contributed by atoms with E-state index in [-0.39, 0.29) is 11.8 Å². The predicted octanol–water partition coefficient (Wildman–Crippen LogP) is 2.45. The van der Waals surface area contributed by atoms with Gasteiger partial charge in [-0.15, -0.1) is 0 Å². The molecule has 0 aliphatic carbocycles. The number of para-hydroxylation sites is 1. The minimum atomic E-state index is -0.331. The Morgan fingerprint density at radius 3 is 2.29 bits per heavy atom. The van der Waals surface area contributed by atoms with Crippen molar-refractivity contribution in [3.05, 3.63) is 59.7 Å². The Kier molecular flexibility index (Phi) is 3.30. The standard InChI is InChI=1S/C14H15NO2/c1-17-11-8-6-10(7-9-11)14(15)12-4-2-3-5-13(12)16/h2-9,14,16H,15H2,1H3. The van der Waals surface area contributed by atoms with E-state index in [1.165, 1.54) is 0 Å². The molecular formula is C14H15NO2. The molecule has 0 aromatic heterocycles. The van der Waals surface area contributed by atoms with Crippen molar-refractivity contribution in [2.45, 2.75) is 6.04 Å². The maximum absolute atomic E-state index is 9.74. The lowest BCUT2D eigenvalue weighted by molar-refractivity contribution is 0.414. The molecule has 0 amide bonds. The van der Waals surface area contributed by atoms with Crippen LogP contribution in [-0.4, -0.2) is 12.2 Å². The molecule has 0 heterocycles. The van der Waals surface area contributed by atoms with Crippen molar-refractivity contribution in [3.8, 4) is 11.5 Å². The van der Waals surface area contributed by atoms with E-state index >= 15 is 0 Å². The van der Waals surface area contributed by atoms with Crippen molar-refractivity contribution < 1.29 is 9.84 Å². The molecule has 1 unspecified atom stereocenters. The molecule has 3 nitrogen and oxygen atoms in total. The normalized spacial score (nSPS) is 12.1. The summed E-state index contributed by atoms with van der Waals surface area (Å²) < 4.78 is 5.09. The smallest absolute Gasteiger partial charge is 0.120 e. The molecule has 1 atom stereocenters. The number of aromatic hydroxyl groups is 1. The van der Waals surface area contributed by atoms with Gasteiger partial charge in [-0.1, -0.05) is 30.3 Å². The number of rotatable bonds is 3. The zero-order chi connectivity index (χ0) is 12.3. The van der Waals surface area contributed by atoms with Crippen LogP contribution in [0.25, 0.3) is 0 Å². The van der Waals surface area contributed by atoms with Gasteiger partial charge in [0.2, 0.25) is 0 Å². The summed E-state index contributed by atoms with van der Waals surface area (Å²) in [6.07, 6.45) is 0. The summed E-state index contributed by atoms with van der Waals surface area (Å²) in [6, 6.07) is 14.3. The predicted molar refractivity (Wildman–Crippen MR) is 67.1 cm³/mol. The summed E-state index contributed by atoms with van der Waals surface area (Å²) in [5, 5.41) is 9.74. The fourth-order valence-electron chi connectivity index (χ4n) is 1.74. The van der Waals surface area contributed by atoms with Gasteiger partial charge >= 0.3 is 0 Å². The maximum atomic E-state index is 9.74. The molecule has 3 heteroatoms. The van der Waals surface area contributed by atoms with Crippen molar-refractivity contribution >= 4 is 0 Å². The summed E-state index contributed by atoms with van der Waals surface area (Å²) in [5.41, 5.74) is 7.77. The van der Waals surface area contributed by atoms with Gasteiger partial charge in [-0.3, -0.25) is 0 Å². The largest absolute Gasteiger partial charge is 0.508 e. The summed E-state index contributed by atoms with van der Waals surface area (Å²) in [6.45, 7) is 0. The second-order valence-electron chi connectivity index (χ2n) is 3.81. The van der Waals surface area contributed by atoms with Gasteiger partial charge in [0.1, 0.15) is 11.5 Å². The Balaban J connectivity index is 2.30. The molecule has 0 aliphatic rings. The molecular weight excluding hydrogens is 214 g/mol. The zero-order valence-corrected chi connectivity index (χ0v) is 9.63. The number of benzene rings is 2. The number of phenols is 1. The lowest BCUT2D eigenvalue weighted by Crippen LogP contribution is -2.11. The van der Waals surface area contributed by atoms with E-state index in [2.05, 4.69) is 0 Å². The van der Waals surface area contributed by atoms with E-state index in [1.807, 2.05) is 36.4 Å². The molecule has 0 fully saturated rings. The molecule has 0 radical (unpaired) electrons. The number of hydrogen-bond acceptors (Lipinski definition) is 3. The molecule has 3 N–H and O–H groups in total. The van der Waals surface area contributed by atoms with Crippen molar-refractivity contribution in [2.75, 3.05) is 7.11 Å². The summed E-state index contributed by atoms with van der Waals surface area (Å²) in [5.74, 6) is 1.01. The van der Waals surface area contributed by atoms with Crippen LogP contribution in [0.2, 0.25) is 0 Å². The van der Waals surface area contributed by atoms with Gasteiger partial charge in [-0.25, -0.2) is 0 Å². The van der Waals surface area contributed by atoms with Gasteiger partial charge in [0.15, 0.2) is 0 Å². The Morgan fingerprint density at radius 2 is 1.71 bits per heavy atom. The minimum absolute atomic E-state index is 0.218. The van der Waals surface area contributed by atoms with Gasteiger partial charge in [0.05, 0.1) is 13.2 Å². The van der Waals surface area contributed by atoms with E-state index < -0.39 is 0 Å². The molecule has 0 saturated carbocycles. The SMILES string of the molecule is COc1ccc(C(N)c2ccccc2O)cc1. The van der Waals surface area contributed by atoms with Gasteiger partial charge in [0.25, 0.3) is 0 Å². The highest BCUT2D eigenvalue weighted by molar-refractivity contribution is 5.41. The first-order chi connectivity index (χ1) is 8.22. The third-order valence-electron chi connectivity index (χ3n) is 2.75. The van der Waals surface area contributed by atoms with Gasteiger partial charge in [-0.05, 0) is 23.8 Å². The van der Waals surface area contributed by atoms with Gasteiger partial charge in [-0.2, -0.15) is 0 Å². The third kappa shape index (κ3) is 2.40. The molecule has 2 aromatic rings. The molecule has 0 saturated heterocycles. The van der Waals surface area contributed by atoms with Crippen LogP contribution >= 0.6 is 0 Å². The van der Waals surface area contributed by atoms with Crippen LogP contribution in [0.15, 0.2) is 48.5 Å². The molecule has 0 aliphatic heterocycles. The Labute approximate surface area is 100 Å². The summed E-state index contributed by atoms with van der Waals surface area (Å²) in [4.78, 5) is 0. The summed E-state index contributed by atoms with van der Waals surface area (Å²) in [7, 11) is 1.62. The molecule has 0 spiro atoms. The first-order valence-corrected chi connectivity index (χ1v) is 5.40. The fraction of sp³-hybridized carbons (Fsp3) is 0.143. The van der Waals surface area contributed by atoms with Crippen LogP contribution in [-0.2, 0) is 0 Å². The van der Waals surface area contributed by atoms with Crippen LogP contribution in [0.5, 0.6) is 11.5 Å². The Morgan fingerprint density at radius 1 is 1.06 bits per heavy atom. The van der Waals surface area contributed by atoms with Crippen LogP contribution in [0, 0.1) is 0 Å². The van der Waals surface area contributed by atoms with E-state index in [0.717, 1.165) is 16.9 Å². The first kappa shape index (κ1) is 11.5. The minimum Gasteiger partial charge on any atom is -0.508 e. The second-order valence-corrected chi connectivity index (χ2v) is 3.81. The number of methoxy groups -OCH3 is 1. The molecule has 0 bridgehead atoms. The van der Waals surface area contributed by atoms with Crippen molar-refractivity contribution in [1.29, 1.82) is 0 Å². The van der Waals surface area contributed by atoms with Crippen LogP contribution in [0.4, 0.5) is 0 Å². The van der Waals surface area contributed by atoms with Gasteiger partial charge in [0, 0.05) is 5.56 Å². The van der Waals surface area contributed by atoms with Crippen LogP contribution in [0.3, 0.4) is 0 Å². The zero-order valence-electron chi connectivity index (χ0n) is 9.63. The molecule has 88 valence electrons. The van der Waals surface area contributed by atoms with Crippen LogP contribution < -0.4 is 10.5 Å².